The number of rotatable bonds is 4. The van der Waals surface area contributed by atoms with E-state index in [1.165, 1.54) is 11.1 Å². The number of hydrogen-bond donors (Lipinski definition) is 1. The number of nitrogens with zero attached hydrogens (tertiary/aromatic N) is 2. The molecule has 2 aromatic heterocycles. The summed E-state index contributed by atoms with van der Waals surface area (Å²) in [6.45, 7) is 4.75. The molecular weight excluding hydrogens is 410 g/mol. The molecule has 1 N–H and O–H groups in total. The molecule has 1 aliphatic rings. The first kappa shape index (κ1) is 19.4. The summed E-state index contributed by atoms with van der Waals surface area (Å²) in [6, 6.07) is 16.0. The van der Waals surface area contributed by atoms with E-state index in [-0.39, 0.29) is 12.5 Å². The standard InChI is InChI=1S/C24H21N3O3S/c1-15-8-16(2)10-18(9-15)25-24-27(12-19-4-3-7-29-19)21(14-31-24)17-5-6-22-20(11-17)26-23(28)13-30-22/h3-11,14H,12-13H2,1-2H3,(H,26,28). The Labute approximate surface area is 183 Å². The molecular formula is C24H21N3O3S. The number of carbonyl (C=O) groups excluding carboxylic acids is 1. The number of thiazole rings is 1. The number of carbonyl (C=O) groups is 1. The number of nitrogens with one attached hydrogen (secondary N) is 1. The molecule has 0 atom stereocenters. The zero-order chi connectivity index (χ0) is 21.4. The molecule has 0 spiro atoms. The SMILES string of the molecule is Cc1cc(C)cc(N=c2scc(-c3ccc4c(c3)NC(=O)CO4)n2Cc2ccco2)c1. The summed E-state index contributed by atoms with van der Waals surface area (Å²) in [6.07, 6.45) is 1.68. The van der Waals surface area contributed by atoms with Gasteiger partial charge in [0.25, 0.3) is 5.91 Å². The van der Waals surface area contributed by atoms with Gasteiger partial charge in [-0.1, -0.05) is 6.07 Å². The molecule has 1 aliphatic heterocycles. The van der Waals surface area contributed by atoms with Crippen molar-refractivity contribution in [2.45, 2.75) is 20.4 Å². The van der Waals surface area contributed by atoms with Crippen LogP contribution in [-0.2, 0) is 11.3 Å². The second kappa shape index (κ2) is 7.92. The van der Waals surface area contributed by atoms with Crippen LogP contribution in [0.1, 0.15) is 16.9 Å². The zero-order valence-corrected chi connectivity index (χ0v) is 18.0. The van der Waals surface area contributed by atoms with E-state index in [9.17, 15) is 4.79 Å². The summed E-state index contributed by atoms with van der Waals surface area (Å²) in [5.74, 6) is 1.37. The van der Waals surface area contributed by atoms with Gasteiger partial charge in [0.05, 0.1) is 29.9 Å². The first-order valence-electron chi connectivity index (χ1n) is 9.96. The van der Waals surface area contributed by atoms with E-state index in [2.05, 4.69) is 47.3 Å². The lowest BCUT2D eigenvalue weighted by atomic mass is 10.1. The molecule has 0 radical (unpaired) electrons. The molecule has 156 valence electrons. The number of fused-ring (bicyclic) bond motifs is 1. The van der Waals surface area contributed by atoms with Crippen molar-refractivity contribution in [2.75, 3.05) is 11.9 Å². The van der Waals surface area contributed by atoms with E-state index in [0.29, 0.717) is 18.0 Å². The lowest BCUT2D eigenvalue weighted by Crippen LogP contribution is -2.25. The van der Waals surface area contributed by atoms with Crippen LogP contribution < -0.4 is 14.9 Å². The number of hydrogen-bond acceptors (Lipinski definition) is 5. The fraction of sp³-hybridized carbons (Fsp3) is 0.167. The van der Waals surface area contributed by atoms with Gasteiger partial charge in [-0.05, 0) is 67.4 Å². The van der Waals surface area contributed by atoms with Crippen molar-refractivity contribution < 1.29 is 13.9 Å². The predicted molar refractivity (Wildman–Crippen MR) is 121 cm³/mol. The largest absolute Gasteiger partial charge is 0.482 e. The minimum atomic E-state index is -0.149. The number of aromatic nitrogens is 1. The summed E-state index contributed by atoms with van der Waals surface area (Å²) in [4.78, 5) is 17.6. The Bertz CT molecular complexity index is 1310. The maximum Gasteiger partial charge on any atom is 0.262 e. The Morgan fingerprint density at radius 2 is 1.97 bits per heavy atom. The number of furan rings is 1. The zero-order valence-electron chi connectivity index (χ0n) is 17.2. The molecule has 6 nitrogen and oxygen atoms in total. The predicted octanol–water partition coefficient (Wildman–Crippen LogP) is 5.04. The molecule has 0 saturated carbocycles. The topological polar surface area (TPSA) is 68.8 Å². The molecule has 4 aromatic rings. The Hall–Kier alpha value is -3.58. The van der Waals surface area contributed by atoms with Crippen LogP contribution >= 0.6 is 11.3 Å². The van der Waals surface area contributed by atoms with Gasteiger partial charge >= 0.3 is 0 Å². The van der Waals surface area contributed by atoms with E-state index in [4.69, 9.17) is 14.1 Å². The van der Waals surface area contributed by atoms with Crippen molar-refractivity contribution >= 4 is 28.6 Å². The maximum atomic E-state index is 11.7. The van der Waals surface area contributed by atoms with Crippen LogP contribution in [0, 0.1) is 13.8 Å². The van der Waals surface area contributed by atoms with Gasteiger partial charge in [-0.15, -0.1) is 11.3 Å². The molecule has 0 aliphatic carbocycles. The summed E-state index contributed by atoms with van der Waals surface area (Å²) in [5, 5.41) is 4.96. The van der Waals surface area contributed by atoms with E-state index < -0.39 is 0 Å². The van der Waals surface area contributed by atoms with Crippen LogP contribution in [-0.4, -0.2) is 17.1 Å². The quantitative estimate of drug-likeness (QED) is 0.492. The number of amides is 1. The molecule has 0 unspecified atom stereocenters. The number of anilines is 1. The highest BCUT2D eigenvalue weighted by molar-refractivity contribution is 7.07. The average molecular weight is 432 g/mol. The van der Waals surface area contributed by atoms with Gasteiger partial charge in [0, 0.05) is 10.9 Å². The van der Waals surface area contributed by atoms with Crippen LogP contribution in [0.3, 0.4) is 0 Å². The molecule has 5 rings (SSSR count). The van der Waals surface area contributed by atoms with Crippen molar-refractivity contribution in [3.05, 3.63) is 81.9 Å². The van der Waals surface area contributed by atoms with E-state index >= 15 is 0 Å². The third kappa shape index (κ3) is 4.04. The third-order valence-corrected chi connectivity index (χ3v) is 5.89. The van der Waals surface area contributed by atoms with Crippen LogP contribution in [0.5, 0.6) is 5.75 Å². The van der Waals surface area contributed by atoms with E-state index in [1.54, 1.807) is 17.6 Å². The van der Waals surface area contributed by atoms with Crippen molar-refractivity contribution in [3.8, 4) is 17.0 Å². The van der Waals surface area contributed by atoms with Gasteiger partial charge in [-0.3, -0.25) is 4.79 Å². The molecule has 7 heteroatoms. The van der Waals surface area contributed by atoms with Crippen LogP contribution in [0.4, 0.5) is 11.4 Å². The highest BCUT2D eigenvalue weighted by atomic mass is 32.1. The summed E-state index contributed by atoms with van der Waals surface area (Å²) in [7, 11) is 0. The number of ether oxygens (including phenoxy) is 1. The lowest BCUT2D eigenvalue weighted by molar-refractivity contribution is -0.118. The lowest BCUT2D eigenvalue weighted by Gasteiger charge is -2.18. The van der Waals surface area contributed by atoms with Gasteiger partial charge in [0.1, 0.15) is 11.5 Å². The van der Waals surface area contributed by atoms with Crippen molar-refractivity contribution in [1.82, 2.24) is 4.57 Å². The number of aryl methyl sites for hydroxylation is 2. The van der Waals surface area contributed by atoms with Gasteiger partial charge in [0.15, 0.2) is 11.4 Å². The normalized spacial score (nSPS) is 13.6. The first-order valence-corrected chi connectivity index (χ1v) is 10.8. The number of benzene rings is 2. The summed E-state index contributed by atoms with van der Waals surface area (Å²) in [5.41, 5.74) is 5.92. The van der Waals surface area contributed by atoms with Crippen molar-refractivity contribution in [2.24, 2.45) is 4.99 Å². The maximum absolute atomic E-state index is 11.7. The first-order chi connectivity index (χ1) is 15.0. The summed E-state index contributed by atoms with van der Waals surface area (Å²) < 4.78 is 13.2. The Balaban J connectivity index is 1.63. The monoisotopic (exact) mass is 431 g/mol. The second-order valence-corrected chi connectivity index (χ2v) is 8.41. The van der Waals surface area contributed by atoms with Crippen LogP contribution in [0.25, 0.3) is 11.3 Å². The second-order valence-electron chi connectivity index (χ2n) is 7.57. The smallest absolute Gasteiger partial charge is 0.262 e. The molecule has 31 heavy (non-hydrogen) atoms. The van der Waals surface area contributed by atoms with Crippen LogP contribution in [0.2, 0.25) is 0 Å². The van der Waals surface area contributed by atoms with Gasteiger partial charge in [-0.25, -0.2) is 4.99 Å². The Morgan fingerprint density at radius 1 is 1.13 bits per heavy atom. The molecule has 1 amide bonds. The minimum absolute atomic E-state index is 0.0439. The molecule has 0 saturated heterocycles. The fourth-order valence-corrected chi connectivity index (χ4v) is 4.66. The molecule has 0 bridgehead atoms. The fourth-order valence-electron chi connectivity index (χ4n) is 3.73. The van der Waals surface area contributed by atoms with Crippen molar-refractivity contribution in [1.29, 1.82) is 0 Å². The Kier molecular flexibility index (Phi) is 4.95. The molecule has 2 aromatic carbocycles. The van der Waals surface area contributed by atoms with E-state index in [0.717, 1.165) is 27.5 Å². The highest BCUT2D eigenvalue weighted by Crippen LogP contribution is 2.33. The Morgan fingerprint density at radius 3 is 2.74 bits per heavy atom. The third-order valence-electron chi connectivity index (χ3n) is 5.03. The molecule has 3 heterocycles. The molecule has 0 fully saturated rings. The highest BCUT2D eigenvalue weighted by Gasteiger charge is 2.18. The van der Waals surface area contributed by atoms with Gasteiger partial charge < -0.3 is 19.0 Å². The van der Waals surface area contributed by atoms with Crippen molar-refractivity contribution in [3.63, 3.8) is 0 Å². The minimum Gasteiger partial charge on any atom is -0.482 e. The average Bonchev–Trinajstić information content (AvgIpc) is 3.38. The van der Waals surface area contributed by atoms with Gasteiger partial charge in [0.2, 0.25) is 0 Å². The van der Waals surface area contributed by atoms with Crippen LogP contribution in [0.15, 0.2) is 69.6 Å². The van der Waals surface area contributed by atoms with Gasteiger partial charge in [-0.2, -0.15) is 0 Å². The van der Waals surface area contributed by atoms with E-state index in [1.807, 2.05) is 30.3 Å². The summed E-state index contributed by atoms with van der Waals surface area (Å²) >= 11 is 1.57.